The van der Waals surface area contributed by atoms with Gasteiger partial charge in [0.2, 0.25) is 12.4 Å². The Bertz CT molecular complexity index is 592. The van der Waals surface area contributed by atoms with E-state index < -0.39 is 17.4 Å². The lowest BCUT2D eigenvalue weighted by Gasteiger charge is -2.23. The number of nitrogens with zero attached hydrogens (tertiary/aromatic N) is 2. The molecule has 18 heavy (non-hydrogen) atoms. The average Bonchev–Trinajstić information content (AvgIpc) is 2.30. The zero-order chi connectivity index (χ0) is 13.3. The quantitative estimate of drug-likeness (QED) is 0.664. The summed E-state index contributed by atoms with van der Waals surface area (Å²) >= 11 is 3.29. The fourth-order valence-electron chi connectivity index (χ4n) is 1.86. The number of nitro groups is 1. The first-order valence-electron chi connectivity index (χ1n) is 5.01. The molecule has 0 aromatic heterocycles. The van der Waals surface area contributed by atoms with Crippen LogP contribution in [0.15, 0.2) is 34.1 Å². The van der Waals surface area contributed by atoms with E-state index in [0.29, 0.717) is 11.3 Å². The van der Waals surface area contributed by atoms with E-state index in [1.807, 2.05) is 6.07 Å². The molecule has 0 amide bonds. The minimum absolute atomic E-state index is 0.0702. The van der Waals surface area contributed by atoms with Crippen molar-refractivity contribution >= 4 is 15.9 Å². The van der Waals surface area contributed by atoms with Gasteiger partial charge in [-0.2, -0.15) is 5.26 Å². The first-order chi connectivity index (χ1) is 8.52. The van der Waals surface area contributed by atoms with Crippen molar-refractivity contribution in [3.8, 4) is 11.8 Å². The molecule has 0 bridgehead atoms. The van der Waals surface area contributed by atoms with Crippen LogP contribution in [0, 0.1) is 21.4 Å². The van der Waals surface area contributed by atoms with Crippen molar-refractivity contribution in [1.82, 2.24) is 0 Å². The summed E-state index contributed by atoms with van der Waals surface area (Å²) in [6.45, 7) is -0.392. The highest BCUT2D eigenvalue weighted by Gasteiger charge is 2.32. The molecular formula is C11H8BrN3O3. The second kappa shape index (κ2) is 4.66. The highest BCUT2D eigenvalue weighted by atomic mass is 79.9. The Morgan fingerprint density at radius 3 is 2.94 bits per heavy atom. The van der Waals surface area contributed by atoms with Gasteiger partial charge < -0.3 is 10.5 Å². The molecule has 0 radical (unpaired) electrons. The number of hydrogen-bond acceptors (Lipinski definition) is 5. The largest absolute Gasteiger partial charge is 0.440 e. The van der Waals surface area contributed by atoms with Gasteiger partial charge in [0.15, 0.2) is 0 Å². The molecule has 1 aromatic carbocycles. The molecule has 92 valence electrons. The van der Waals surface area contributed by atoms with Crippen LogP contribution < -0.4 is 10.5 Å². The molecule has 6 nitrogen and oxygen atoms in total. The van der Waals surface area contributed by atoms with Crippen LogP contribution in [0.25, 0.3) is 0 Å². The van der Waals surface area contributed by atoms with Crippen LogP contribution in [0.5, 0.6) is 5.75 Å². The van der Waals surface area contributed by atoms with Gasteiger partial charge in [0.1, 0.15) is 17.4 Å². The lowest BCUT2D eigenvalue weighted by atomic mass is 9.89. The summed E-state index contributed by atoms with van der Waals surface area (Å²) in [5, 5.41) is 19.7. The number of rotatable bonds is 2. The van der Waals surface area contributed by atoms with Crippen molar-refractivity contribution in [2.45, 2.75) is 5.92 Å². The van der Waals surface area contributed by atoms with Gasteiger partial charge in [0, 0.05) is 15.0 Å². The molecule has 0 saturated carbocycles. The fraction of sp³-hybridized carbons (Fsp3) is 0.182. The Morgan fingerprint density at radius 1 is 1.61 bits per heavy atom. The predicted molar refractivity (Wildman–Crippen MR) is 66.2 cm³/mol. The van der Waals surface area contributed by atoms with Gasteiger partial charge in [-0.25, -0.2) is 0 Å². The molecule has 0 aliphatic carbocycles. The third-order valence-electron chi connectivity index (χ3n) is 2.63. The maximum atomic E-state index is 10.7. The van der Waals surface area contributed by atoms with Crippen LogP contribution in [0.4, 0.5) is 0 Å². The van der Waals surface area contributed by atoms with Crippen molar-refractivity contribution in [2.75, 3.05) is 6.54 Å². The van der Waals surface area contributed by atoms with Crippen molar-refractivity contribution < 1.29 is 9.66 Å². The second-order valence-electron chi connectivity index (χ2n) is 3.74. The Labute approximate surface area is 111 Å². The third-order valence-corrected chi connectivity index (χ3v) is 3.13. The number of benzene rings is 1. The van der Waals surface area contributed by atoms with Crippen molar-refractivity contribution in [2.24, 2.45) is 5.73 Å². The first kappa shape index (κ1) is 12.4. The molecule has 1 aromatic rings. The van der Waals surface area contributed by atoms with Gasteiger partial charge in [0.05, 0.1) is 5.92 Å². The number of halogens is 1. The molecule has 7 heteroatoms. The van der Waals surface area contributed by atoms with E-state index in [0.717, 1.165) is 4.47 Å². The van der Waals surface area contributed by atoms with E-state index in [1.54, 1.807) is 18.2 Å². The SMILES string of the molecule is N#CC1=C(N)Oc2ccc(Br)cc2[C@H]1C[N+](=O)[O-]. The highest BCUT2D eigenvalue weighted by molar-refractivity contribution is 9.10. The summed E-state index contributed by atoms with van der Waals surface area (Å²) in [5.41, 5.74) is 6.29. The Hall–Kier alpha value is -2.07. The number of ether oxygens (including phenoxy) is 1. The van der Waals surface area contributed by atoms with Crippen LogP contribution in [0.2, 0.25) is 0 Å². The summed E-state index contributed by atoms with van der Waals surface area (Å²) in [7, 11) is 0. The molecule has 0 spiro atoms. The molecule has 0 unspecified atom stereocenters. The van der Waals surface area contributed by atoms with E-state index in [9.17, 15) is 10.1 Å². The summed E-state index contributed by atoms with van der Waals surface area (Å²) in [5.74, 6) is -0.299. The molecule has 0 saturated heterocycles. The summed E-state index contributed by atoms with van der Waals surface area (Å²) in [6, 6.07) is 6.98. The van der Waals surface area contributed by atoms with E-state index in [2.05, 4.69) is 15.9 Å². The molecule has 2 rings (SSSR count). The van der Waals surface area contributed by atoms with Crippen LogP contribution in [0.1, 0.15) is 11.5 Å². The summed E-state index contributed by atoms with van der Waals surface area (Å²) in [4.78, 5) is 10.2. The van der Waals surface area contributed by atoms with E-state index >= 15 is 0 Å². The second-order valence-corrected chi connectivity index (χ2v) is 4.66. The van der Waals surface area contributed by atoms with E-state index in [-0.39, 0.29) is 11.5 Å². The van der Waals surface area contributed by atoms with Gasteiger partial charge in [-0.05, 0) is 18.2 Å². The van der Waals surface area contributed by atoms with Gasteiger partial charge >= 0.3 is 0 Å². The van der Waals surface area contributed by atoms with Crippen molar-refractivity contribution in [3.05, 3.63) is 49.8 Å². The minimum Gasteiger partial charge on any atom is -0.440 e. The summed E-state index contributed by atoms with van der Waals surface area (Å²) < 4.78 is 6.05. The number of fused-ring (bicyclic) bond motifs is 1. The molecule has 1 atom stereocenters. The van der Waals surface area contributed by atoms with Crippen molar-refractivity contribution in [1.29, 1.82) is 5.26 Å². The molecular weight excluding hydrogens is 302 g/mol. The Balaban J connectivity index is 2.55. The molecule has 0 fully saturated rings. The Morgan fingerprint density at radius 2 is 2.33 bits per heavy atom. The standard InChI is InChI=1S/C11H8BrN3O3/c12-6-1-2-10-7(3-6)9(5-15(16)17)8(4-13)11(14)18-10/h1-3,9H,5,14H2/t9-/m1/s1. The topological polar surface area (TPSA) is 102 Å². The highest BCUT2D eigenvalue weighted by Crippen LogP contribution is 2.39. The predicted octanol–water partition coefficient (Wildman–Crippen LogP) is 1.90. The lowest BCUT2D eigenvalue weighted by molar-refractivity contribution is -0.482. The van der Waals surface area contributed by atoms with Gasteiger partial charge in [-0.3, -0.25) is 10.1 Å². The van der Waals surface area contributed by atoms with Crippen molar-refractivity contribution in [3.63, 3.8) is 0 Å². The zero-order valence-corrected chi connectivity index (χ0v) is 10.7. The third kappa shape index (κ3) is 2.15. The molecule has 1 aliphatic heterocycles. The summed E-state index contributed by atoms with van der Waals surface area (Å²) in [6.07, 6.45) is 0. The van der Waals surface area contributed by atoms with Gasteiger partial charge in [-0.1, -0.05) is 15.9 Å². The zero-order valence-electron chi connectivity index (χ0n) is 9.09. The van der Waals surface area contributed by atoms with Gasteiger partial charge in [-0.15, -0.1) is 0 Å². The lowest BCUT2D eigenvalue weighted by Crippen LogP contribution is -2.24. The van der Waals surface area contributed by atoms with E-state index in [4.69, 9.17) is 15.7 Å². The molecule has 2 N–H and O–H groups in total. The van der Waals surface area contributed by atoms with Crippen LogP contribution in [0.3, 0.4) is 0 Å². The normalized spacial score (nSPS) is 17.7. The average molecular weight is 310 g/mol. The maximum absolute atomic E-state index is 10.7. The van der Waals surface area contributed by atoms with E-state index in [1.165, 1.54) is 0 Å². The maximum Gasteiger partial charge on any atom is 0.215 e. The Kier molecular flexibility index (Phi) is 3.21. The first-order valence-corrected chi connectivity index (χ1v) is 5.81. The number of hydrogen-bond donors (Lipinski definition) is 1. The van der Waals surface area contributed by atoms with Crippen LogP contribution >= 0.6 is 15.9 Å². The smallest absolute Gasteiger partial charge is 0.215 e. The van der Waals surface area contributed by atoms with Crippen LogP contribution in [-0.2, 0) is 0 Å². The van der Waals surface area contributed by atoms with Gasteiger partial charge in [0.25, 0.3) is 0 Å². The number of nitrogens with two attached hydrogens (primary N) is 1. The number of nitriles is 1. The molecule has 1 aliphatic rings. The fourth-order valence-corrected chi connectivity index (χ4v) is 2.24. The monoisotopic (exact) mass is 309 g/mol. The molecule has 1 heterocycles. The minimum atomic E-state index is -0.675. The van der Waals surface area contributed by atoms with Crippen LogP contribution in [-0.4, -0.2) is 11.5 Å².